The summed E-state index contributed by atoms with van der Waals surface area (Å²) in [7, 11) is 3.41. The van der Waals surface area contributed by atoms with E-state index in [-0.39, 0.29) is 24.3 Å². The number of benzene rings is 1. The minimum Gasteiger partial charge on any atom is -0.467 e. The Bertz CT molecular complexity index is 528. The van der Waals surface area contributed by atoms with Gasteiger partial charge in [0.1, 0.15) is 5.54 Å². The number of nitrogens with zero attached hydrogens (tertiary/aromatic N) is 2. The molecule has 5 nitrogen and oxygen atoms in total. The highest BCUT2D eigenvalue weighted by molar-refractivity contribution is 6.02. The third-order valence-corrected chi connectivity index (χ3v) is 4.37. The number of rotatable bonds is 4. The molecule has 2 rings (SSSR count). The van der Waals surface area contributed by atoms with E-state index in [2.05, 4.69) is 4.90 Å². The van der Waals surface area contributed by atoms with Gasteiger partial charge in [-0.05, 0) is 32.0 Å². The number of hydrogen-bond donors (Lipinski definition) is 0. The van der Waals surface area contributed by atoms with Gasteiger partial charge in [0.2, 0.25) is 5.91 Å². The van der Waals surface area contributed by atoms with E-state index in [9.17, 15) is 9.59 Å². The zero-order chi connectivity index (χ0) is 16.2. The molecule has 1 aromatic carbocycles. The number of amides is 1. The number of carbonyl (C=O) groups excluding carboxylic acids is 2. The maximum absolute atomic E-state index is 12.6. The fourth-order valence-electron chi connectivity index (χ4n) is 3.06. The van der Waals surface area contributed by atoms with Crippen molar-refractivity contribution in [3.8, 4) is 0 Å². The summed E-state index contributed by atoms with van der Waals surface area (Å²) >= 11 is 0. The molecule has 23 heavy (non-hydrogen) atoms. The standard InChI is InChI=1S/C17H24N2O3.ClH/c1-4-15(20)19(14-8-6-5-7-9-14)17(16(21)22-3)10-12-18(2)13-11-17;/h5-9H,4,10-13H2,1-3H3;1H. The normalized spacial score (nSPS) is 17.0. The first-order valence-electron chi connectivity index (χ1n) is 7.70. The molecule has 0 saturated carbocycles. The zero-order valence-corrected chi connectivity index (χ0v) is 14.8. The third kappa shape index (κ3) is 3.85. The van der Waals surface area contributed by atoms with Crippen molar-refractivity contribution in [1.29, 1.82) is 0 Å². The highest BCUT2D eigenvalue weighted by Crippen LogP contribution is 2.34. The van der Waals surface area contributed by atoms with Crippen LogP contribution in [0, 0.1) is 0 Å². The third-order valence-electron chi connectivity index (χ3n) is 4.37. The Morgan fingerprint density at radius 3 is 2.26 bits per heavy atom. The summed E-state index contributed by atoms with van der Waals surface area (Å²) in [5.74, 6) is -0.382. The molecule has 0 bridgehead atoms. The number of carbonyl (C=O) groups is 2. The molecule has 6 heteroatoms. The second-order valence-corrected chi connectivity index (χ2v) is 5.74. The molecule has 0 spiro atoms. The van der Waals surface area contributed by atoms with Crippen molar-refractivity contribution in [1.82, 2.24) is 4.90 Å². The molecular weight excluding hydrogens is 316 g/mol. The quantitative estimate of drug-likeness (QED) is 0.790. The van der Waals surface area contributed by atoms with Crippen LogP contribution in [0.15, 0.2) is 30.3 Å². The highest BCUT2D eigenvalue weighted by Gasteiger charge is 2.49. The van der Waals surface area contributed by atoms with E-state index in [0.717, 1.165) is 18.8 Å². The fourth-order valence-corrected chi connectivity index (χ4v) is 3.06. The van der Waals surface area contributed by atoms with Gasteiger partial charge in [-0.15, -0.1) is 12.4 Å². The summed E-state index contributed by atoms with van der Waals surface area (Å²) in [6, 6.07) is 9.40. The van der Waals surface area contributed by atoms with Crippen molar-refractivity contribution >= 4 is 30.0 Å². The number of piperidine rings is 1. The molecule has 1 saturated heterocycles. The summed E-state index contributed by atoms with van der Waals surface area (Å²) in [5, 5.41) is 0. The first kappa shape index (κ1) is 19.5. The van der Waals surface area contributed by atoms with Crippen LogP contribution in [0.2, 0.25) is 0 Å². The van der Waals surface area contributed by atoms with Crippen LogP contribution in [-0.4, -0.2) is 49.6 Å². The summed E-state index contributed by atoms with van der Waals surface area (Å²) in [6.45, 7) is 3.34. The SMILES string of the molecule is CCC(=O)N(c1ccccc1)C1(C(=O)OC)CCN(C)CC1.Cl. The molecule has 1 heterocycles. The summed E-state index contributed by atoms with van der Waals surface area (Å²) in [4.78, 5) is 29.0. The second kappa shape index (κ2) is 8.31. The van der Waals surface area contributed by atoms with Gasteiger partial charge < -0.3 is 9.64 Å². The Labute approximate surface area is 144 Å². The van der Waals surface area contributed by atoms with Crippen LogP contribution in [0.25, 0.3) is 0 Å². The number of likely N-dealkylation sites (tertiary alicyclic amines) is 1. The van der Waals surface area contributed by atoms with E-state index in [1.165, 1.54) is 7.11 Å². The van der Waals surface area contributed by atoms with E-state index in [0.29, 0.717) is 19.3 Å². The lowest BCUT2D eigenvalue weighted by molar-refractivity contribution is -0.150. The van der Waals surface area contributed by atoms with Crippen molar-refractivity contribution < 1.29 is 14.3 Å². The maximum atomic E-state index is 12.6. The zero-order valence-electron chi connectivity index (χ0n) is 13.9. The predicted molar refractivity (Wildman–Crippen MR) is 92.9 cm³/mol. The van der Waals surface area contributed by atoms with E-state index >= 15 is 0 Å². The molecule has 1 aromatic rings. The first-order valence-corrected chi connectivity index (χ1v) is 7.70. The number of para-hydroxylation sites is 1. The van der Waals surface area contributed by atoms with Gasteiger partial charge in [-0.1, -0.05) is 25.1 Å². The topological polar surface area (TPSA) is 49.9 Å². The fraction of sp³-hybridized carbons (Fsp3) is 0.529. The average Bonchev–Trinajstić information content (AvgIpc) is 2.57. The molecule has 0 radical (unpaired) electrons. The van der Waals surface area contributed by atoms with Gasteiger partial charge in [-0.2, -0.15) is 0 Å². The van der Waals surface area contributed by atoms with Gasteiger partial charge in [-0.25, -0.2) is 4.79 Å². The smallest absolute Gasteiger partial charge is 0.332 e. The molecule has 1 aliphatic rings. The monoisotopic (exact) mass is 340 g/mol. The molecule has 0 unspecified atom stereocenters. The van der Waals surface area contributed by atoms with Gasteiger partial charge >= 0.3 is 5.97 Å². The van der Waals surface area contributed by atoms with Crippen LogP contribution in [-0.2, 0) is 14.3 Å². The van der Waals surface area contributed by atoms with Gasteiger partial charge in [0, 0.05) is 25.2 Å². The van der Waals surface area contributed by atoms with Gasteiger partial charge in [0.15, 0.2) is 0 Å². The molecule has 0 atom stereocenters. The second-order valence-electron chi connectivity index (χ2n) is 5.74. The first-order chi connectivity index (χ1) is 10.5. The molecular formula is C17H25ClN2O3. The van der Waals surface area contributed by atoms with Crippen molar-refractivity contribution in [2.75, 3.05) is 32.1 Å². The van der Waals surface area contributed by atoms with Crippen molar-refractivity contribution in [2.45, 2.75) is 31.7 Å². The largest absolute Gasteiger partial charge is 0.467 e. The van der Waals surface area contributed by atoms with Crippen LogP contribution in [0.3, 0.4) is 0 Å². The van der Waals surface area contributed by atoms with E-state index in [1.807, 2.05) is 44.3 Å². The number of anilines is 1. The minimum absolute atomic E-state index is 0. The van der Waals surface area contributed by atoms with Crippen LogP contribution in [0.1, 0.15) is 26.2 Å². The van der Waals surface area contributed by atoms with Crippen molar-refractivity contribution in [3.63, 3.8) is 0 Å². The molecule has 0 aromatic heterocycles. The summed E-state index contributed by atoms with van der Waals surface area (Å²) in [6.07, 6.45) is 1.51. The van der Waals surface area contributed by atoms with Crippen LogP contribution in [0.5, 0.6) is 0 Å². The predicted octanol–water partition coefficient (Wildman–Crippen LogP) is 2.49. The Morgan fingerprint density at radius 1 is 1.22 bits per heavy atom. The van der Waals surface area contributed by atoms with Gasteiger partial charge in [-0.3, -0.25) is 9.69 Å². The van der Waals surface area contributed by atoms with Gasteiger partial charge in [0.05, 0.1) is 7.11 Å². The van der Waals surface area contributed by atoms with Crippen molar-refractivity contribution in [3.05, 3.63) is 30.3 Å². The van der Waals surface area contributed by atoms with E-state index < -0.39 is 5.54 Å². The Balaban J connectivity index is 0.00000264. The lowest BCUT2D eigenvalue weighted by atomic mass is 9.84. The summed E-state index contributed by atoms with van der Waals surface area (Å²) in [5.41, 5.74) is -0.153. The number of esters is 1. The highest BCUT2D eigenvalue weighted by atomic mass is 35.5. The molecule has 128 valence electrons. The van der Waals surface area contributed by atoms with Crippen molar-refractivity contribution in [2.24, 2.45) is 0 Å². The maximum Gasteiger partial charge on any atom is 0.332 e. The molecule has 1 aliphatic heterocycles. The van der Waals surface area contributed by atoms with E-state index in [1.54, 1.807) is 4.90 Å². The Morgan fingerprint density at radius 2 is 1.78 bits per heavy atom. The minimum atomic E-state index is -0.907. The number of ether oxygens (including phenoxy) is 1. The van der Waals surface area contributed by atoms with E-state index in [4.69, 9.17) is 4.74 Å². The number of hydrogen-bond acceptors (Lipinski definition) is 4. The Kier molecular flexibility index (Phi) is 7.03. The molecule has 1 fully saturated rings. The lowest BCUT2D eigenvalue weighted by Crippen LogP contribution is -2.62. The average molecular weight is 341 g/mol. The lowest BCUT2D eigenvalue weighted by Gasteiger charge is -2.45. The van der Waals surface area contributed by atoms with Gasteiger partial charge in [0.25, 0.3) is 0 Å². The molecule has 0 aliphatic carbocycles. The molecule has 1 amide bonds. The van der Waals surface area contributed by atoms with Crippen LogP contribution < -0.4 is 4.90 Å². The van der Waals surface area contributed by atoms with Crippen LogP contribution >= 0.6 is 12.4 Å². The molecule has 0 N–H and O–H groups in total. The number of halogens is 1. The van der Waals surface area contributed by atoms with Crippen LogP contribution in [0.4, 0.5) is 5.69 Å². The summed E-state index contributed by atoms with van der Waals surface area (Å²) < 4.78 is 5.07. The Hall–Kier alpha value is -1.59. The number of methoxy groups -OCH3 is 1.